The number of hydrogen-bond donors (Lipinski definition) is 1. The Morgan fingerprint density at radius 3 is 3.03 bits per heavy atom. The van der Waals surface area contributed by atoms with Crippen LogP contribution in [0.25, 0.3) is 31.6 Å². The summed E-state index contributed by atoms with van der Waals surface area (Å²) in [5.41, 5.74) is 8.00. The van der Waals surface area contributed by atoms with Gasteiger partial charge in [-0.15, -0.1) is 11.3 Å². The lowest BCUT2D eigenvalue weighted by atomic mass is 10.1. The normalized spacial score (nSPS) is 16.3. The highest BCUT2D eigenvalue weighted by Gasteiger charge is 2.29. The van der Waals surface area contributed by atoms with Crippen LogP contribution in [0.2, 0.25) is 5.02 Å². The van der Waals surface area contributed by atoms with E-state index in [1.165, 1.54) is 12.4 Å². The van der Waals surface area contributed by atoms with Crippen molar-refractivity contribution in [3.05, 3.63) is 48.4 Å². The Kier molecular flexibility index (Phi) is 4.83. The number of aromatic nitrogens is 3. The van der Waals surface area contributed by atoms with Gasteiger partial charge in [-0.05, 0) is 30.7 Å². The van der Waals surface area contributed by atoms with Gasteiger partial charge in [0.25, 0.3) is 0 Å². The molecule has 1 aromatic carbocycles. The summed E-state index contributed by atoms with van der Waals surface area (Å²) >= 11 is 8.05. The van der Waals surface area contributed by atoms with E-state index >= 15 is 0 Å². The third kappa shape index (κ3) is 3.14. The summed E-state index contributed by atoms with van der Waals surface area (Å²) in [6, 6.07) is 5.86. The molecule has 0 aliphatic carbocycles. The summed E-state index contributed by atoms with van der Waals surface area (Å²) in [7, 11) is 1.65. The second kappa shape index (κ2) is 7.55. The largest absolute Gasteiger partial charge is 0.495 e. The molecule has 1 aliphatic heterocycles. The highest BCUT2D eigenvalue weighted by atomic mass is 35.5. The maximum absolute atomic E-state index is 12.1. The number of thiophene rings is 1. The molecule has 9 heteroatoms. The number of anilines is 1. The van der Waals surface area contributed by atoms with E-state index in [1.54, 1.807) is 23.3 Å². The zero-order valence-electron chi connectivity index (χ0n) is 16.8. The standard InChI is InChI=1S/C22H20ClN5O2S/c1-3-18(29)27-7-6-12(9-27)28-10-14(19-21(24)25-11-26-22(19)28)17-8-13-15(23)4-5-16(30-2)20(13)31-17/h3-5,8,10-12H,1,6-7,9H2,2H3,(H2,24,25,26). The molecule has 1 amide bonds. The Labute approximate surface area is 187 Å². The molecule has 7 nitrogen and oxygen atoms in total. The number of ether oxygens (including phenoxy) is 1. The number of fused-ring (bicyclic) bond motifs is 2. The first-order valence-electron chi connectivity index (χ1n) is 9.80. The maximum atomic E-state index is 12.1. The number of methoxy groups -OCH3 is 1. The van der Waals surface area contributed by atoms with Crippen molar-refractivity contribution >= 4 is 55.8 Å². The van der Waals surface area contributed by atoms with Crippen molar-refractivity contribution < 1.29 is 9.53 Å². The van der Waals surface area contributed by atoms with Crippen LogP contribution < -0.4 is 10.5 Å². The fourth-order valence-electron chi connectivity index (χ4n) is 4.23. The third-order valence-electron chi connectivity index (χ3n) is 5.76. The van der Waals surface area contributed by atoms with Gasteiger partial charge in [0.15, 0.2) is 0 Å². The molecule has 158 valence electrons. The SMILES string of the molecule is C=CC(=O)N1CCC(n2cc(-c3cc4c(Cl)ccc(OC)c4s3)c3c(N)ncnc32)C1. The molecule has 0 spiro atoms. The van der Waals surface area contributed by atoms with Crippen molar-refractivity contribution in [2.75, 3.05) is 25.9 Å². The van der Waals surface area contributed by atoms with Gasteiger partial charge >= 0.3 is 0 Å². The molecule has 31 heavy (non-hydrogen) atoms. The minimum absolute atomic E-state index is 0.0560. The zero-order chi connectivity index (χ0) is 21.7. The van der Waals surface area contributed by atoms with Crippen LogP contribution >= 0.6 is 22.9 Å². The first kappa shape index (κ1) is 19.8. The van der Waals surface area contributed by atoms with Crippen LogP contribution in [0, 0.1) is 0 Å². The van der Waals surface area contributed by atoms with Crippen LogP contribution in [-0.4, -0.2) is 45.5 Å². The zero-order valence-corrected chi connectivity index (χ0v) is 18.4. The van der Waals surface area contributed by atoms with Gasteiger partial charge in [-0.3, -0.25) is 4.79 Å². The van der Waals surface area contributed by atoms with Crippen LogP contribution in [0.15, 0.2) is 43.4 Å². The van der Waals surface area contributed by atoms with Crippen molar-refractivity contribution in [3.8, 4) is 16.2 Å². The number of amides is 1. The van der Waals surface area contributed by atoms with E-state index in [9.17, 15) is 4.79 Å². The lowest BCUT2D eigenvalue weighted by molar-refractivity contribution is -0.125. The van der Waals surface area contributed by atoms with E-state index in [4.69, 9.17) is 22.1 Å². The van der Waals surface area contributed by atoms with Crippen LogP contribution in [0.3, 0.4) is 0 Å². The van der Waals surface area contributed by atoms with Gasteiger partial charge in [0.1, 0.15) is 23.5 Å². The molecule has 4 heterocycles. The van der Waals surface area contributed by atoms with Gasteiger partial charge in [0, 0.05) is 40.1 Å². The molecule has 3 aromatic heterocycles. The minimum Gasteiger partial charge on any atom is -0.495 e. The van der Waals surface area contributed by atoms with Crippen LogP contribution in [0.4, 0.5) is 5.82 Å². The Morgan fingerprint density at radius 2 is 2.26 bits per heavy atom. The molecule has 0 radical (unpaired) electrons. The molecule has 1 atom stereocenters. The highest BCUT2D eigenvalue weighted by Crippen LogP contribution is 2.45. The number of carbonyl (C=O) groups excluding carboxylic acids is 1. The topological polar surface area (TPSA) is 86.3 Å². The van der Waals surface area contributed by atoms with E-state index in [2.05, 4.69) is 33.4 Å². The summed E-state index contributed by atoms with van der Waals surface area (Å²) in [5, 5.41) is 2.40. The molecule has 0 bridgehead atoms. The Morgan fingerprint density at radius 1 is 1.42 bits per heavy atom. The van der Waals surface area contributed by atoms with Crippen molar-refractivity contribution in [1.82, 2.24) is 19.4 Å². The van der Waals surface area contributed by atoms with Gasteiger partial charge < -0.3 is 19.9 Å². The fourth-order valence-corrected chi connectivity index (χ4v) is 5.69. The van der Waals surface area contributed by atoms with Crippen LogP contribution in [0.5, 0.6) is 5.75 Å². The molecule has 5 rings (SSSR count). The van der Waals surface area contributed by atoms with Gasteiger partial charge in [-0.25, -0.2) is 9.97 Å². The maximum Gasteiger partial charge on any atom is 0.246 e. The molecule has 1 aliphatic rings. The summed E-state index contributed by atoms with van der Waals surface area (Å²) < 4.78 is 8.62. The van der Waals surface area contributed by atoms with Crippen molar-refractivity contribution in [2.24, 2.45) is 0 Å². The Bertz CT molecular complexity index is 1340. The van der Waals surface area contributed by atoms with E-state index in [0.29, 0.717) is 23.9 Å². The van der Waals surface area contributed by atoms with Crippen molar-refractivity contribution in [3.63, 3.8) is 0 Å². The Hall–Kier alpha value is -3.10. The number of nitrogen functional groups attached to an aromatic ring is 1. The second-order valence-corrected chi connectivity index (χ2v) is 8.90. The number of rotatable bonds is 4. The summed E-state index contributed by atoms with van der Waals surface area (Å²) in [5.74, 6) is 1.14. The van der Waals surface area contributed by atoms with Crippen LogP contribution in [0.1, 0.15) is 12.5 Å². The lowest BCUT2D eigenvalue weighted by Crippen LogP contribution is -2.27. The minimum atomic E-state index is -0.0560. The van der Waals surface area contributed by atoms with Crippen LogP contribution in [-0.2, 0) is 4.79 Å². The summed E-state index contributed by atoms with van der Waals surface area (Å²) in [6.45, 7) is 4.88. The number of halogens is 1. The average molecular weight is 454 g/mol. The number of nitrogens with zero attached hydrogens (tertiary/aromatic N) is 4. The number of likely N-dealkylation sites (tertiary alicyclic amines) is 1. The smallest absolute Gasteiger partial charge is 0.246 e. The van der Waals surface area contributed by atoms with Gasteiger partial charge in [0.05, 0.1) is 23.2 Å². The third-order valence-corrected chi connectivity index (χ3v) is 7.27. The first-order chi connectivity index (χ1) is 15.0. The number of hydrogen-bond acceptors (Lipinski definition) is 6. The predicted molar refractivity (Wildman–Crippen MR) is 125 cm³/mol. The lowest BCUT2D eigenvalue weighted by Gasteiger charge is -2.15. The van der Waals surface area contributed by atoms with Crippen molar-refractivity contribution in [2.45, 2.75) is 12.5 Å². The van der Waals surface area contributed by atoms with Crippen molar-refractivity contribution in [1.29, 1.82) is 0 Å². The van der Waals surface area contributed by atoms with Gasteiger partial charge in [0.2, 0.25) is 5.91 Å². The quantitative estimate of drug-likeness (QED) is 0.459. The van der Waals surface area contributed by atoms with E-state index in [1.807, 2.05) is 12.1 Å². The highest BCUT2D eigenvalue weighted by molar-refractivity contribution is 7.22. The average Bonchev–Trinajstić information content (AvgIpc) is 3.50. The molecule has 0 saturated carbocycles. The Balaban J connectivity index is 1.67. The molecular weight excluding hydrogens is 434 g/mol. The van der Waals surface area contributed by atoms with Gasteiger partial charge in [-0.2, -0.15) is 0 Å². The molecule has 2 N–H and O–H groups in total. The first-order valence-corrected chi connectivity index (χ1v) is 11.0. The molecule has 1 saturated heterocycles. The van der Waals surface area contributed by atoms with E-state index < -0.39 is 0 Å². The van der Waals surface area contributed by atoms with E-state index in [0.717, 1.165) is 43.7 Å². The predicted octanol–water partition coefficient (Wildman–Crippen LogP) is 4.52. The molecular formula is C22H20ClN5O2S. The summed E-state index contributed by atoms with van der Waals surface area (Å²) in [4.78, 5) is 23.6. The number of benzene rings is 1. The van der Waals surface area contributed by atoms with E-state index in [-0.39, 0.29) is 11.9 Å². The number of carbonyl (C=O) groups is 1. The number of nitrogens with two attached hydrogens (primary N) is 1. The molecule has 1 fully saturated rings. The monoisotopic (exact) mass is 453 g/mol. The summed E-state index contributed by atoms with van der Waals surface area (Å²) in [6.07, 6.45) is 5.73. The molecule has 4 aromatic rings. The molecule has 1 unspecified atom stereocenters. The second-order valence-electron chi connectivity index (χ2n) is 7.44. The fraction of sp³-hybridized carbons (Fsp3) is 0.227. The van der Waals surface area contributed by atoms with Gasteiger partial charge in [-0.1, -0.05) is 18.2 Å².